The maximum absolute atomic E-state index is 15.4. The molecular formula is C27H13F7O. The van der Waals surface area contributed by atoms with E-state index in [9.17, 15) is 13.2 Å². The number of rotatable bonds is 3. The predicted octanol–water partition coefficient (Wildman–Crippen LogP) is 8.31. The van der Waals surface area contributed by atoms with E-state index in [0.29, 0.717) is 0 Å². The van der Waals surface area contributed by atoms with Crippen LogP contribution in [0.3, 0.4) is 0 Å². The van der Waals surface area contributed by atoms with Crippen molar-refractivity contribution in [1.29, 1.82) is 0 Å². The van der Waals surface area contributed by atoms with E-state index in [4.69, 9.17) is 4.74 Å². The molecule has 0 aromatic heterocycles. The third kappa shape index (κ3) is 3.39. The van der Waals surface area contributed by atoms with Crippen molar-refractivity contribution >= 4 is 21.5 Å². The van der Waals surface area contributed by atoms with Gasteiger partial charge in [-0.05, 0) is 28.5 Å². The quantitative estimate of drug-likeness (QED) is 0.108. The molecule has 0 amide bonds. The topological polar surface area (TPSA) is 9.23 Å². The molecule has 0 aliphatic heterocycles. The minimum absolute atomic E-state index is 0.0855. The smallest absolute Gasteiger partial charge is 0.198 e. The number of ether oxygens (including phenoxy) is 1. The molecule has 0 spiro atoms. The fraction of sp³-hybridized carbons (Fsp3) is 0.0370. The summed E-state index contributed by atoms with van der Waals surface area (Å²) in [5, 5.41) is -1.86. The molecule has 0 saturated carbocycles. The minimum atomic E-state index is -2.15. The van der Waals surface area contributed by atoms with Crippen LogP contribution in [-0.4, -0.2) is 7.11 Å². The molecule has 0 bridgehead atoms. The minimum Gasteiger partial charge on any atom is -0.497 e. The number of methoxy groups -OCH3 is 1. The van der Waals surface area contributed by atoms with Crippen molar-refractivity contribution in [1.82, 2.24) is 0 Å². The zero-order valence-corrected chi connectivity index (χ0v) is 17.8. The fourth-order valence-corrected chi connectivity index (χ4v) is 4.38. The summed E-state index contributed by atoms with van der Waals surface area (Å²) in [5.74, 6) is -11.3. The fourth-order valence-electron chi connectivity index (χ4n) is 4.38. The molecule has 176 valence electrons. The van der Waals surface area contributed by atoms with Crippen molar-refractivity contribution in [2.24, 2.45) is 0 Å². The number of halogens is 7. The molecule has 35 heavy (non-hydrogen) atoms. The Bertz CT molecular complexity index is 1620. The van der Waals surface area contributed by atoms with Gasteiger partial charge in [0.05, 0.1) is 12.7 Å². The molecule has 8 heteroatoms. The number of hydrogen-bond acceptors (Lipinski definition) is 1. The van der Waals surface area contributed by atoms with Gasteiger partial charge in [-0.25, -0.2) is 30.7 Å². The SMILES string of the molecule is COc1cc(F)c(-c2c3ccc(F)cc3c(-c3ccccc3)c3c(F)c(F)c(F)c(F)c23)c(F)c1. The Morgan fingerprint density at radius 1 is 0.543 bits per heavy atom. The Kier molecular flexibility index (Phi) is 5.39. The Morgan fingerprint density at radius 3 is 1.69 bits per heavy atom. The van der Waals surface area contributed by atoms with Crippen molar-refractivity contribution in [3.8, 4) is 28.0 Å². The molecule has 0 fully saturated rings. The molecule has 0 heterocycles. The lowest BCUT2D eigenvalue weighted by Gasteiger charge is -2.20. The first-order valence-electron chi connectivity index (χ1n) is 10.2. The summed E-state index contributed by atoms with van der Waals surface area (Å²) in [4.78, 5) is 0. The molecule has 1 nitrogen and oxygen atoms in total. The van der Waals surface area contributed by atoms with E-state index in [1.807, 2.05) is 0 Å². The van der Waals surface area contributed by atoms with E-state index < -0.39 is 62.6 Å². The Labute approximate surface area is 194 Å². The first-order valence-corrected chi connectivity index (χ1v) is 10.2. The molecule has 5 rings (SSSR count). The van der Waals surface area contributed by atoms with Crippen LogP contribution in [0.2, 0.25) is 0 Å². The molecule has 0 radical (unpaired) electrons. The van der Waals surface area contributed by atoms with Crippen LogP contribution in [0.5, 0.6) is 5.75 Å². The van der Waals surface area contributed by atoms with Gasteiger partial charge in [-0.3, -0.25) is 0 Å². The molecular weight excluding hydrogens is 473 g/mol. The molecule has 5 aromatic rings. The van der Waals surface area contributed by atoms with Gasteiger partial charge in [-0.15, -0.1) is 0 Å². The van der Waals surface area contributed by atoms with Gasteiger partial charge >= 0.3 is 0 Å². The lowest BCUT2D eigenvalue weighted by Crippen LogP contribution is -2.04. The first-order chi connectivity index (χ1) is 16.7. The maximum atomic E-state index is 15.4. The van der Waals surface area contributed by atoms with Crippen LogP contribution in [0.4, 0.5) is 30.7 Å². The summed E-state index contributed by atoms with van der Waals surface area (Å²) in [6.07, 6.45) is 0. The van der Waals surface area contributed by atoms with E-state index in [1.54, 1.807) is 18.2 Å². The van der Waals surface area contributed by atoms with E-state index in [0.717, 1.165) is 30.3 Å². The molecule has 0 unspecified atom stereocenters. The summed E-state index contributed by atoms with van der Waals surface area (Å²) in [7, 11) is 1.17. The van der Waals surface area contributed by atoms with Crippen molar-refractivity contribution in [3.05, 3.63) is 101 Å². The average Bonchev–Trinajstić information content (AvgIpc) is 2.85. The highest BCUT2D eigenvalue weighted by Gasteiger charge is 2.30. The van der Waals surface area contributed by atoms with Crippen LogP contribution in [0.25, 0.3) is 43.8 Å². The van der Waals surface area contributed by atoms with Gasteiger partial charge in [0, 0.05) is 34.0 Å². The van der Waals surface area contributed by atoms with Crippen LogP contribution >= 0.6 is 0 Å². The third-order valence-electron chi connectivity index (χ3n) is 5.85. The van der Waals surface area contributed by atoms with Gasteiger partial charge in [0.1, 0.15) is 23.2 Å². The third-order valence-corrected chi connectivity index (χ3v) is 5.85. The van der Waals surface area contributed by atoms with Gasteiger partial charge in [-0.1, -0.05) is 36.4 Å². The Hall–Kier alpha value is -4.07. The normalized spacial score (nSPS) is 11.4. The number of hydrogen-bond donors (Lipinski definition) is 0. The van der Waals surface area contributed by atoms with Crippen molar-refractivity contribution < 1.29 is 35.5 Å². The number of benzene rings is 5. The summed E-state index contributed by atoms with van der Waals surface area (Å²) in [5.41, 5.74) is -1.37. The summed E-state index contributed by atoms with van der Waals surface area (Å²) in [6.45, 7) is 0. The molecule has 0 saturated heterocycles. The van der Waals surface area contributed by atoms with Crippen LogP contribution in [0.15, 0.2) is 60.7 Å². The summed E-state index contributed by atoms with van der Waals surface area (Å²) < 4.78 is 109. The monoisotopic (exact) mass is 486 g/mol. The molecule has 0 atom stereocenters. The lowest BCUT2D eigenvalue weighted by molar-refractivity contribution is 0.407. The highest BCUT2D eigenvalue weighted by molar-refractivity contribution is 6.21. The predicted molar refractivity (Wildman–Crippen MR) is 119 cm³/mol. The van der Waals surface area contributed by atoms with Gasteiger partial charge in [0.15, 0.2) is 23.3 Å². The Morgan fingerprint density at radius 2 is 1.11 bits per heavy atom. The zero-order chi connectivity index (χ0) is 25.0. The first kappa shape index (κ1) is 22.7. The Balaban J connectivity index is 2.14. The maximum Gasteiger partial charge on any atom is 0.198 e. The average molecular weight is 486 g/mol. The summed E-state index contributed by atoms with van der Waals surface area (Å²) in [6, 6.07) is 12.3. The summed E-state index contributed by atoms with van der Waals surface area (Å²) >= 11 is 0. The second-order valence-corrected chi connectivity index (χ2v) is 7.78. The highest BCUT2D eigenvalue weighted by Crippen LogP contribution is 2.48. The van der Waals surface area contributed by atoms with Crippen molar-refractivity contribution in [3.63, 3.8) is 0 Å². The van der Waals surface area contributed by atoms with Crippen LogP contribution in [-0.2, 0) is 0 Å². The largest absolute Gasteiger partial charge is 0.497 e. The van der Waals surface area contributed by atoms with Crippen LogP contribution in [0, 0.1) is 40.7 Å². The van der Waals surface area contributed by atoms with E-state index in [2.05, 4.69) is 0 Å². The van der Waals surface area contributed by atoms with Gasteiger partial charge in [0.2, 0.25) is 0 Å². The highest BCUT2D eigenvalue weighted by atomic mass is 19.2. The van der Waals surface area contributed by atoms with E-state index in [1.165, 1.54) is 19.2 Å². The van der Waals surface area contributed by atoms with E-state index in [-0.39, 0.29) is 27.6 Å². The second-order valence-electron chi connectivity index (χ2n) is 7.78. The molecule has 0 N–H and O–H groups in total. The van der Waals surface area contributed by atoms with Crippen molar-refractivity contribution in [2.45, 2.75) is 0 Å². The molecule has 0 aliphatic carbocycles. The molecule has 0 aliphatic rings. The van der Waals surface area contributed by atoms with Crippen LogP contribution < -0.4 is 4.74 Å². The van der Waals surface area contributed by atoms with Crippen LogP contribution in [0.1, 0.15) is 0 Å². The second kappa shape index (κ2) is 8.30. The van der Waals surface area contributed by atoms with Crippen molar-refractivity contribution in [2.75, 3.05) is 7.11 Å². The van der Waals surface area contributed by atoms with Gasteiger partial charge in [-0.2, -0.15) is 0 Å². The molecule has 5 aromatic carbocycles. The van der Waals surface area contributed by atoms with Gasteiger partial charge in [0.25, 0.3) is 0 Å². The van der Waals surface area contributed by atoms with Gasteiger partial charge < -0.3 is 4.74 Å². The standard InChI is InChI=1S/C27H13F7O/c1-35-14-10-17(29)21(18(30)11-14)20-15-8-7-13(28)9-16(15)19(12-5-3-2-4-6-12)22-23(20)25(32)27(34)26(33)24(22)31/h2-11H,1H3. The number of fused-ring (bicyclic) bond motifs is 2. The van der Waals surface area contributed by atoms with E-state index >= 15 is 17.6 Å². The lowest BCUT2D eigenvalue weighted by atomic mass is 9.85. The zero-order valence-electron chi connectivity index (χ0n) is 17.8.